The van der Waals surface area contributed by atoms with Crippen LogP contribution in [0.4, 0.5) is 0 Å². The van der Waals surface area contributed by atoms with Crippen LogP contribution in [0.3, 0.4) is 0 Å². The molecule has 12 rings (SSSR count). The van der Waals surface area contributed by atoms with Crippen LogP contribution in [-0.4, -0.2) is 65.9 Å². The van der Waals surface area contributed by atoms with Crippen molar-refractivity contribution in [3.05, 3.63) is 168 Å². The lowest BCUT2D eigenvalue weighted by Crippen LogP contribution is -2.60. The normalized spacial score (nSPS) is 28.5. The van der Waals surface area contributed by atoms with Crippen LogP contribution in [0.15, 0.2) is 111 Å². The van der Waals surface area contributed by atoms with Gasteiger partial charge in [0.2, 0.25) is 0 Å². The van der Waals surface area contributed by atoms with E-state index in [0.717, 1.165) is 61.6 Å². The van der Waals surface area contributed by atoms with Crippen molar-refractivity contribution >= 4 is 22.9 Å². The van der Waals surface area contributed by atoms with Crippen LogP contribution in [0.1, 0.15) is 183 Å². The van der Waals surface area contributed by atoms with Crippen LogP contribution in [-0.2, 0) is 55.1 Å². The number of benzene rings is 4. The number of carbonyl (C=O) groups is 2. The van der Waals surface area contributed by atoms with E-state index in [9.17, 15) is 20.1 Å². The van der Waals surface area contributed by atoms with Crippen LogP contribution in [0.5, 0.6) is 5.75 Å². The molecule has 7 aliphatic rings. The van der Waals surface area contributed by atoms with E-state index in [1.54, 1.807) is 19.1 Å². The molecule has 0 saturated heterocycles. The minimum atomic E-state index is -1.36. The maximum Gasteiger partial charge on any atom is 0.340 e. The first-order valence-corrected chi connectivity index (χ1v) is 29.8. The summed E-state index contributed by atoms with van der Waals surface area (Å²) in [4.78, 5) is 45.6. The standard InChI is InChI=1S/C69H76O11/c1-42(39-71)53-26-21-43-22-27-54-47(35-43)14-8-11-33-69(51-17-4-3-5-18-51)65(79-66(53)74)64(62-59(80-69)30-29-56-57(40-72)61(67(75)78-63(56)62)48(31-34-70)41-76-2)77-60(73)38-49-36-46(24-28-55(49)54)45-15-12-19-52(37-45)68-32-10-9-16-50(68)25-23-44-13-6-7-20-58(44)68/h6-7,12-13,15,19-20,22,24,27-30,35,37,46,48-51,55,64-65,70-72H,3-5,9-10,14,16-18,21,23,25-26,31-34,36,38-41H2,1-2H3/b53-42-/t46-,48-,49+,50-,55-,64-,65+,68-,69+/m1/s1. The third kappa shape index (κ3) is 9.65. The molecule has 0 radical (unpaired) electrons. The van der Waals surface area contributed by atoms with Crippen molar-refractivity contribution in [3.8, 4) is 17.6 Å². The van der Waals surface area contributed by atoms with E-state index in [1.165, 1.54) is 55.0 Å². The first-order valence-electron chi connectivity index (χ1n) is 29.8. The number of rotatable bonds is 10. The van der Waals surface area contributed by atoms with E-state index in [-0.39, 0.29) is 91.3 Å². The largest absolute Gasteiger partial charge is 0.481 e. The van der Waals surface area contributed by atoms with E-state index in [1.807, 2.05) is 0 Å². The number of esters is 2. The third-order valence-electron chi connectivity index (χ3n) is 20.0. The number of hydrogen-bond acceptors (Lipinski definition) is 11. The molecule has 4 heterocycles. The fourth-order valence-corrected chi connectivity index (χ4v) is 16.0. The lowest BCUT2D eigenvalue weighted by Gasteiger charge is -2.51. The smallest absolute Gasteiger partial charge is 0.340 e. The fraction of sp³-hybridized carbons (Fsp3) is 0.493. The number of fused-ring (bicyclic) bond motifs is 12. The highest BCUT2D eigenvalue weighted by Gasteiger charge is 2.59. The van der Waals surface area contributed by atoms with Crippen molar-refractivity contribution < 1.29 is 48.3 Å². The van der Waals surface area contributed by atoms with Gasteiger partial charge in [0.1, 0.15) is 11.3 Å². The van der Waals surface area contributed by atoms with Gasteiger partial charge in [0, 0.05) is 72.2 Å². The molecular weight excluding hydrogens is 1000 g/mol. The second kappa shape index (κ2) is 22.9. The third-order valence-corrected chi connectivity index (χ3v) is 20.0. The van der Waals surface area contributed by atoms with E-state index in [0.29, 0.717) is 53.0 Å². The maximum atomic E-state index is 15.7. The molecule has 0 unspecified atom stereocenters. The molecule has 4 aliphatic carbocycles. The molecular formula is C69H76O11. The second-order valence-electron chi connectivity index (χ2n) is 24.2. The summed E-state index contributed by atoms with van der Waals surface area (Å²) >= 11 is 0. The van der Waals surface area contributed by atoms with Crippen molar-refractivity contribution in [1.82, 2.24) is 0 Å². The van der Waals surface area contributed by atoms with E-state index < -0.39 is 47.9 Å². The Kier molecular flexibility index (Phi) is 15.6. The summed E-state index contributed by atoms with van der Waals surface area (Å²) in [6, 6.07) is 28.5. The SMILES string of the molecule is COC[C@@H](CCO)c1c(CO)c2ccc3c(c2oc1=O)[C@H]1OC(=O)C[C@@H]2C[C@H](c4cccc([C@@]56CCCC[C@@H]5CCc5ccccc56)c4)C=C[C@H]2c2ccc4cc2CC#CC[C@@](C2CCCCC2)(O3)[C@H]1OC(=O)/C(=C(/C)CO)CC4. The van der Waals surface area contributed by atoms with Gasteiger partial charge in [-0.1, -0.05) is 123 Å². The topological polar surface area (TPSA) is 162 Å². The predicted molar refractivity (Wildman–Crippen MR) is 305 cm³/mol. The molecule has 5 bridgehead atoms. The minimum Gasteiger partial charge on any atom is -0.481 e. The number of methoxy groups -OCH3 is 1. The Morgan fingerprint density at radius 2 is 1.66 bits per heavy atom. The molecule has 11 nitrogen and oxygen atoms in total. The highest BCUT2D eigenvalue weighted by molar-refractivity contribution is 5.90. The highest BCUT2D eigenvalue weighted by atomic mass is 16.6. The van der Waals surface area contributed by atoms with Crippen LogP contribution in [0, 0.1) is 29.6 Å². The Bertz CT molecular complexity index is 3360. The van der Waals surface area contributed by atoms with Crippen LogP contribution >= 0.6 is 0 Å². The predicted octanol–water partition coefficient (Wildman–Crippen LogP) is 11.8. The summed E-state index contributed by atoms with van der Waals surface area (Å²) in [6.07, 6.45) is 15.7. The summed E-state index contributed by atoms with van der Waals surface area (Å²) in [5, 5.41) is 32.4. The molecule has 418 valence electrons. The van der Waals surface area contributed by atoms with Gasteiger partial charge in [-0.3, -0.25) is 4.79 Å². The molecule has 0 spiro atoms. The number of aliphatic hydroxyl groups is 3. The molecule has 4 aromatic carbocycles. The quantitative estimate of drug-likeness (QED) is 0.0401. The molecule has 2 saturated carbocycles. The molecule has 3 aliphatic heterocycles. The van der Waals surface area contributed by atoms with Gasteiger partial charge in [0.25, 0.3) is 0 Å². The van der Waals surface area contributed by atoms with Gasteiger partial charge in [-0.15, -0.1) is 0 Å². The fourth-order valence-electron chi connectivity index (χ4n) is 16.0. The number of hydrogen-bond donors (Lipinski definition) is 3. The van der Waals surface area contributed by atoms with Gasteiger partial charge in [-0.05, 0) is 145 Å². The second-order valence-corrected chi connectivity index (χ2v) is 24.2. The molecule has 9 atom stereocenters. The van der Waals surface area contributed by atoms with Crippen molar-refractivity contribution in [2.24, 2.45) is 17.8 Å². The monoisotopic (exact) mass is 1080 g/mol. The van der Waals surface area contributed by atoms with Crippen molar-refractivity contribution in [1.29, 1.82) is 0 Å². The van der Waals surface area contributed by atoms with Crippen molar-refractivity contribution in [3.63, 3.8) is 0 Å². The van der Waals surface area contributed by atoms with E-state index in [4.69, 9.17) is 23.4 Å². The summed E-state index contributed by atoms with van der Waals surface area (Å²) in [5.74, 6) is 5.71. The highest BCUT2D eigenvalue weighted by Crippen LogP contribution is 2.57. The summed E-state index contributed by atoms with van der Waals surface area (Å²) in [7, 11) is 1.51. The number of ether oxygens (including phenoxy) is 4. The number of allylic oxidation sites excluding steroid dienone is 2. The lowest BCUT2D eigenvalue weighted by atomic mass is 9.54. The maximum absolute atomic E-state index is 15.7. The van der Waals surface area contributed by atoms with Crippen LogP contribution in [0.2, 0.25) is 0 Å². The number of aliphatic hydroxyl groups excluding tert-OH is 3. The average Bonchev–Trinajstić information content (AvgIpc) is 3.68. The van der Waals surface area contributed by atoms with Gasteiger partial charge in [0.15, 0.2) is 17.8 Å². The zero-order chi connectivity index (χ0) is 55.1. The molecule has 1 aromatic heterocycles. The lowest BCUT2D eigenvalue weighted by molar-refractivity contribution is -0.204. The van der Waals surface area contributed by atoms with Crippen LogP contribution in [0.25, 0.3) is 11.0 Å². The zero-order valence-corrected chi connectivity index (χ0v) is 46.4. The molecule has 0 amide bonds. The van der Waals surface area contributed by atoms with Gasteiger partial charge in [-0.25, -0.2) is 9.59 Å². The number of carbonyl (C=O) groups excluding carboxylic acids is 2. The van der Waals surface area contributed by atoms with E-state index >= 15 is 9.59 Å². The van der Waals surface area contributed by atoms with Gasteiger partial charge >= 0.3 is 17.6 Å². The van der Waals surface area contributed by atoms with Crippen LogP contribution < -0.4 is 10.4 Å². The molecule has 80 heavy (non-hydrogen) atoms. The minimum absolute atomic E-state index is 0.00166. The first-order chi connectivity index (χ1) is 39.1. The zero-order valence-electron chi connectivity index (χ0n) is 46.4. The Labute approximate surface area is 469 Å². The summed E-state index contributed by atoms with van der Waals surface area (Å²) < 4.78 is 33.4. The Morgan fingerprint density at radius 3 is 2.49 bits per heavy atom. The summed E-state index contributed by atoms with van der Waals surface area (Å²) in [5.41, 5.74) is 8.19. The number of aryl methyl sites for hydroxylation is 2. The first kappa shape index (κ1) is 54.3. The molecule has 5 aromatic rings. The molecule has 11 heteroatoms. The Hall–Kier alpha value is -6.29. The van der Waals surface area contributed by atoms with Gasteiger partial charge in [0.05, 0.1) is 31.8 Å². The van der Waals surface area contributed by atoms with Crippen molar-refractivity contribution in [2.45, 2.75) is 170 Å². The van der Waals surface area contributed by atoms with Crippen molar-refractivity contribution in [2.75, 3.05) is 26.9 Å². The Morgan fingerprint density at radius 1 is 0.825 bits per heavy atom. The molecule has 2 fully saturated rings. The summed E-state index contributed by atoms with van der Waals surface area (Å²) in [6.45, 7) is 0.690. The van der Waals surface area contributed by atoms with E-state index in [2.05, 4.69) is 90.7 Å². The molecule has 3 N–H and O–H groups in total. The van der Waals surface area contributed by atoms with Gasteiger partial charge in [-0.2, -0.15) is 0 Å². The van der Waals surface area contributed by atoms with Gasteiger partial charge < -0.3 is 38.7 Å². The average molecular weight is 1080 g/mol. The Balaban J connectivity index is 1.03.